The molecule has 2 aliphatic rings. The number of hydrogen-bond donors (Lipinski definition) is 0. The van der Waals surface area contributed by atoms with Gasteiger partial charge in [0.15, 0.2) is 0 Å². The van der Waals surface area contributed by atoms with Crippen LogP contribution in [0.4, 0.5) is 11.4 Å². The first-order valence-electron chi connectivity index (χ1n) is 15.2. The average Bonchev–Trinajstić information content (AvgIpc) is 3.39. The van der Waals surface area contributed by atoms with Crippen LogP contribution in [0.1, 0.15) is 22.3 Å². The zero-order valence-corrected chi connectivity index (χ0v) is 24.4. The summed E-state index contributed by atoms with van der Waals surface area (Å²) >= 11 is 0. The second kappa shape index (κ2) is 9.45. The summed E-state index contributed by atoms with van der Waals surface area (Å²) in [6.07, 6.45) is 0. The Hall–Kier alpha value is -5.60. The van der Waals surface area contributed by atoms with Crippen LogP contribution in [0.2, 0.25) is 0 Å². The fourth-order valence-corrected chi connectivity index (χ4v) is 7.66. The molecule has 0 bridgehead atoms. The van der Waals surface area contributed by atoms with Crippen molar-refractivity contribution in [3.63, 3.8) is 0 Å². The highest BCUT2D eigenvalue weighted by Gasteiger charge is 2.52. The Morgan fingerprint density at radius 2 is 1.14 bits per heavy atom. The molecule has 1 atom stereocenters. The summed E-state index contributed by atoms with van der Waals surface area (Å²) in [6, 6.07) is 56.9. The molecule has 0 radical (unpaired) electrons. The number of hydrogen-bond acceptors (Lipinski definition) is 2. The maximum atomic E-state index is 6.71. The van der Waals surface area contributed by atoms with E-state index in [1.807, 2.05) is 0 Å². The third-order valence-electron chi connectivity index (χ3n) is 9.53. The average molecular weight is 564 g/mol. The molecule has 44 heavy (non-hydrogen) atoms. The summed E-state index contributed by atoms with van der Waals surface area (Å²) < 4.78 is 6.71. The molecule has 0 aromatic heterocycles. The fraction of sp³-hybridized carbons (Fsp3) is 0.0476. The Balaban J connectivity index is 1.40. The van der Waals surface area contributed by atoms with Gasteiger partial charge in [-0.2, -0.15) is 0 Å². The first-order chi connectivity index (χ1) is 21.7. The second-order valence-electron chi connectivity index (χ2n) is 11.7. The molecule has 1 unspecified atom stereocenters. The number of para-hydroxylation sites is 1. The molecule has 0 fully saturated rings. The number of anilines is 2. The van der Waals surface area contributed by atoms with Gasteiger partial charge in [-0.3, -0.25) is 0 Å². The predicted octanol–water partition coefficient (Wildman–Crippen LogP) is 10.7. The molecule has 7 aromatic carbocycles. The van der Waals surface area contributed by atoms with Crippen molar-refractivity contribution in [2.45, 2.75) is 5.41 Å². The van der Waals surface area contributed by atoms with Crippen LogP contribution in [0, 0.1) is 0 Å². The first kappa shape index (κ1) is 24.9. The van der Waals surface area contributed by atoms with Crippen molar-refractivity contribution in [3.8, 4) is 33.8 Å². The topological polar surface area (TPSA) is 12.5 Å². The molecule has 1 spiro atoms. The van der Waals surface area contributed by atoms with E-state index in [1.165, 1.54) is 66.7 Å². The van der Waals surface area contributed by atoms with E-state index in [0.717, 1.165) is 11.5 Å². The highest BCUT2D eigenvalue weighted by Crippen LogP contribution is 2.64. The van der Waals surface area contributed by atoms with E-state index < -0.39 is 5.41 Å². The number of fused-ring (bicyclic) bond motifs is 10. The quantitative estimate of drug-likeness (QED) is 0.212. The second-order valence-corrected chi connectivity index (χ2v) is 11.7. The smallest absolute Gasteiger partial charge is 0.132 e. The third-order valence-corrected chi connectivity index (χ3v) is 9.53. The van der Waals surface area contributed by atoms with Crippen molar-refractivity contribution < 1.29 is 4.74 Å². The van der Waals surface area contributed by atoms with Crippen LogP contribution in [0.25, 0.3) is 33.0 Å². The van der Waals surface area contributed by atoms with Gasteiger partial charge < -0.3 is 9.64 Å². The monoisotopic (exact) mass is 563 g/mol. The molecular formula is C42H29NO. The van der Waals surface area contributed by atoms with Crippen LogP contribution in [-0.2, 0) is 5.41 Å². The van der Waals surface area contributed by atoms with Crippen LogP contribution in [0.15, 0.2) is 158 Å². The Labute approximate surface area is 257 Å². The largest absolute Gasteiger partial charge is 0.457 e. The summed E-state index contributed by atoms with van der Waals surface area (Å²) in [5.41, 5.74) is 11.6. The number of ether oxygens (including phenoxy) is 1. The lowest BCUT2D eigenvalue weighted by Crippen LogP contribution is -2.33. The molecule has 1 heterocycles. The normalized spacial score (nSPS) is 15.7. The summed E-state index contributed by atoms with van der Waals surface area (Å²) in [6.45, 7) is 0. The van der Waals surface area contributed by atoms with Crippen molar-refractivity contribution in [1.82, 2.24) is 0 Å². The predicted molar refractivity (Wildman–Crippen MR) is 181 cm³/mol. The van der Waals surface area contributed by atoms with Crippen LogP contribution in [-0.4, -0.2) is 7.05 Å². The summed E-state index contributed by atoms with van der Waals surface area (Å²) in [5.74, 6) is 1.80. The summed E-state index contributed by atoms with van der Waals surface area (Å²) in [7, 11) is 2.21. The lowest BCUT2D eigenvalue weighted by Gasteiger charge is -2.41. The minimum Gasteiger partial charge on any atom is -0.457 e. The molecule has 0 N–H and O–H groups in total. The van der Waals surface area contributed by atoms with Crippen LogP contribution in [0.5, 0.6) is 11.5 Å². The lowest BCUT2D eigenvalue weighted by molar-refractivity contribution is 0.436. The molecule has 1 aliphatic heterocycles. The molecule has 0 saturated heterocycles. The van der Waals surface area contributed by atoms with Crippen molar-refractivity contribution in [3.05, 3.63) is 180 Å². The van der Waals surface area contributed by atoms with Gasteiger partial charge in [0.05, 0.1) is 5.41 Å². The van der Waals surface area contributed by atoms with Crippen molar-refractivity contribution in [2.24, 2.45) is 0 Å². The van der Waals surface area contributed by atoms with E-state index in [2.05, 4.69) is 170 Å². The first-order valence-corrected chi connectivity index (χ1v) is 15.2. The fourth-order valence-electron chi connectivity index (χ4n) is 7.66. The van der Waals surface area contributed by atoms with Gasteiger partial charge in [-0.05, 0) is 63.5 Å². The minimum absolute atomic E-state index is 0.573. The van der Waals surface area contributed by atoms with Gasteiger partial charge in [0, 0.05) is 40.5 Å². The molecule has 2 heteroatoms. The number of benzene rings is 7. The maximum Gasteiger partial charge on any atom is 0.132 e. The molecule has 208 valence electrons. The van der Waals surface area contributed by atoms with E-state index in [-0.39, 0.29) is 0 Å². The molecule has 7 aromatic rings. The van der Waals surface area contributed by atoms with Gasteiger partial charge in [-0.25, -0.2) is 0 Å². The standard InChI is InChI=1S/C42H29NO/c1-43(37-22-11-16-29-15-5-6-17-31(29)37)38-23-12-19-33-32-18-7-8-20-34(32)42(41(33)38)35-21-9-10-24-39(35)44-40-26-25-30(27-36(40)42)28-13-3-2-4-14-28/h2-27H,1H3. The zero-order chi connectivity index (χ0) is 29.3. The highest BCUT2D eigenvalue weighted by atomic mass is 16.5. The number of rotatable bonds is 3. The maximum absolute atomic E-state index is 6.71. The molecule has 1 aliphatic carbocycles. The summed E-state index contributed by atoms with van der Waals surface area (Å²) in [5, 5.41) is 2.47. The van der Waals surface area contributed by atoms with E-state index in [0.29, 0.717) is 0 Å². The summed E-state index contributed by atoms with van der Waals surface area (Å²) in [4.78, 5) is 2.38. The van der Waals surface area contributed by atoms with Crippen LogP contribution >= 0.6 is 0 Å². The lowest BCUT2D eigenvalue weighted by atomic mass is 9.65. The van der Waals surface area contributed by atoms with Crippen LogP contribution in [0.3, 0.4) is 0 Å². The van der Waals surface area contributed by atoms with Gasteiger partial charge in [0.2, 0.25) is 0 Å². The SMILES string of the molecule is CN(c1cccc2c1C1(c3ccccc3Oc3ccc(-c4ccccc4)cc31)c1ccccc1-2)c1cccc2ccccc12. The molecule has 2 nitrogen and oxygen atoms in total. The van der Waals surface area contributed by atoms with Crippen molar-refractivity contribution in [2.75, 3.05) is 11.9 Å². The van der Waals surface area contributed by atoms with Crippen molar-refractivity contribution >= 4 is 22.1 Å². The Morgan fingerprint density at radius 3 is 2.05 bits per heavy atom. The third kappa shape index (κ3) is 3.37. The van der Waals surface area contributed by atoms with Gasteiger partial charge in [-0.15, -0.1) is 0 Å². The van der Waals surface area contributed by atoms with Crippen molar-refractivity contribution in [1.29, 1.82) is 0 Å². The Bertz CT molecular complexity index is 2230. The zero-order valence-electron chi connectivity index (χ0n) is 24.4. The Morgan fingerprint density at radius 1 is 0.477 bits per heavy atom. The van der Waals surface area contributed by atoms with E-state index in [1.54, 1.807) is 0 Å². The minimum atomic E-state index is -0.573. The van der Waals surface area contributed by atoms with Gasteiger partial charge >= 0.3 is 0 Å². The van der Waals surface area contributed by atoms with Crippen LogP contribution < -0.4 is 9.64 Å². The highest BCUT2D eigenvalue weighted by molar-refractivity contribution is 5.99. The molecular weight excluding hydrogens is 534 g/mol. The molecule has 9 rings (SSSR count). The Kier molecular flexibility index (Phi) is 5.36. The van der Waals surface area contributed by atoms with Gasteiger partial charge in [0.1, 0.15) is 11.5 Å². The van der Waals surface area contributed by atoms with Gasteiger partial charge in [-0.1, -0.05) is 127 Å². The van der Waals surface area contributed by atoms with E-state index >= 15 is 0 Å². The molecule has 0 amide bonds. The molecule has 0 saturated carbocycles. The van der Waals surface area contributed by atoms with E-state index in [9.17, 15) is 0 Å². The van der Waals surface area contributed by atoms with Gasteiger partial charge in [0.25, 0.3) is 0 Å². The number of nitrogens with zero attached hydrogens (tertiary/aromatic N) is 1. The van der Waals surface area contributed by atoms with E-state index in [4.69, 9.17) is 4.74 Å².